The molecular formula is C21H21F2N3O3. The molecule has 2 fully saturated rings. The lowest BCUT2D eigenvalue weighted by Gasteiger charge is -2.15. The number of nitrogens with two attached hydrogens (primary N) is 1. The Kier molecular flexibility index (Phi) is 4.74. The molecule has 4 rings (SSSR count). The van der Waals surface area contributed by atoms with Crippen molar-refractivity contribution in [2.45, 2.75) is 31.4 Å². The number of hydrogen-bond donors (Lipinski definition) is 2. The van der Waals surface area contributed by atoms with Gasteiger partial charge < -0.3 is 15.8 Å². The first kappa shape index (κ1) is 19.3. The van der Waals surface area contributed by atoms with Gasteiger partial charge in [-0.3, -0.25) is 9.69 Å². The van der Waals surface area contributed by atoms with Gasteiger partial charge >= 0.3 is 6.09 Å². The molecule has 0 unspecified atom stereocenters. The van der Waals surface area contributed by atoms with E-state index in [2.05, 4.69) is 5.32 Å². The van der Waals surface area contributed by atoms with Gasteiger partial charge in [0.15, 0.2) is 0 Å². The highest BCUT2D eigenvalue weighted by molar-refractivity contribution is 5.90. The molecule has 1 saturated carbocycles. The van der Waals surface area contributed by atoms with E-state index in [1.54, 1.807) is 18.2 Å². The fourth-order valence-electron chi connectivity index (χ4n) is 3.49. The second-order valence-electron chi connectivity index (χ2n) is 7.57. The fourth-order valence-corrected chi connectivity index (χ4v) is 3.49. The average Bonchev–Trinajstić information content (AvgIpc) is 3.30. The van der Waals surface area contributed by atoms with Crippen molar-refractivity contribution in [2.75, 3.05) is 18.0 Å². The molecule has 1 atom stereocenters. The van der Waals surface area contributed by atoms with Crippen LogP contribution in [0.4, 0.5) is 19.3 Å². The highest BCUT2D eigenvalue weighted by Crippen LogP contribution is 2.44. The smallest absolute Gasteiger partial charge is 0.414 e. The van der Waals surface area contributed by atoms with Crippen LogP contribution in [0.2, 0.25) is 0 Å². The maximum absolute atomic E-state index is 14.8. The molecule has 2 aromatic carbocycles. The molecule has 1 aliphatic carbocycles. The maximum atomic E-state index is 14.8. The van der Waals surface area contributed by atoms with Crippen LogP contribution < -0.4 is 16.0 Å². The molecule has 2 aromatic rings. The summed E-state index contributed by atoms with van der Waals surface area (Å²) in [7, 11) is 0. The summed E-state index contributed by atoms with van der Waals surface area (Å²) in [5.41, 5.74) is 6.85. The number of halogens is 2. The van der Waals surface area contributed by atoms with E-state index in [1.807, 2.05) is 0 Å². The second kappa shape index (κ2) is 7.11. The molecule has 0 radical (unpaired) electrons. The van der Waals surface area contributed by atoms with Crippen LogP contribution in [0.3, 0.4) is 0 Å². The first-order valence-corrected chi connectivity index (χ1v) is 9.38. The van der Waals surface area contributed by atoms with E-state index in [0.29, 0.717) is 16.8 Å². The molecule has 1 saturated heterocycles. The normalized spacial score (nSPS) is 19.8. The van der Waals surface area contributed by atoms with E-state index in [-0.39, 0.29) is 24.6 Å². The number of ether oxygens (including phenoxy) is 1. The van der Waals surface area contributed by atoms with Gasteiger partial charge in [-0.25, -0.2) is 13.6 Å². The Morgan fingerprint density at radius 1 is 1.24 bits per heavy atom. The summed E-state index contributed by atoms with van der Waals surface area (Å²) >= 11 is 0. The minimum atomic E-state index is -0.611. The van der Waals surface area contributed by atoms with Gasteiger partial charge in [-0.2, -0.15) is 0 Å². The molecular weight excluding hydrogens is 380 g/mol. The molecule has 29 heavy (non-hydrogen) atoms. The Hall–Kier alpha value is -3.00. The molecule has 0 aromatic heterocycles. The van der Waals surface area contributed by atoms with Crippen molar-refractivity contribution in [3.8, 4) is 11.1 Å². The molecule has 1 heterocycles. The monoisotopic (exact) mass is 401 g/mol. The Morgan fingerprint density at radius 2 is 2.00 bits per heavy atom. The number of carbonyl (C=O) groups is 2. The molecule has 1 aliphatic heterocycles. The highest BCUT2D eigenvalue weighted by Gasteiger charge is 2.42. The van der Waals surface area contributed by atoms with E-state index in [1.165, 1.54) is 30.0 Å². The summed E-state index contributed by atoms with van der Waals surface area (Å²) in [4.78, 5) is 24.4. The zero-order valence-electron chi connectivity index (χ0n) is 15.9. The topological polar surface area (TPSA) is 84.7 Å². The second-order valence-corrected chi connectivity index (χ2v) is 7.57. The minimum Gasteiger partial charge on any atom is -0.442 e. The van der Waals surface area contributed by atoms with E-state index in [0.717, 1.165) is 12.8 Å². The van der Waals surface area contributed by atoms with Crippen LogP contribution in [-0.2, 0) is 15.1 Å². The summed E-state index contributed by atoms with van der Waals surface area (Å²) in [5.74, 6) is -1.26. The third kappa shape index (κ3) is 3.80. The van der Waals surface area contributed by atoms with Crippen LogP contribution >= 0.6 is 0 Å². The summed E-state index contributed by atoms with van der Waals surface area (Å²) in [5, 5.41) is 2.59. The van der Waals surface area contributed by atoms with Crippen molar-refractivity contribution in [1.29, 1.82) is 0 Å². The number of nitrogens with zero attached hydrogens (tertiary/aromatic N) is 1. The molecule has 6 nitrogen and oxygen atoms in total. The maximum Gasteiger partial charge on any atom is 0.414 e. The van der Waals surface area contributed by atoms with Crippen LogP contribution in [0, 0.1) is 11.6 Å². The number of rotatable bonds is 5. The molecule has 3 N–H and O–H groups in total. The number of anilines is 1. The summed E-state index contributed by atoms with van der Waals surface area (Å²) < 4.78 is 34.4. The molecule has 152 valence electrons. The summed E-state index contributed by atoms with van der Waals surface area (Å²) in [6.45, 7) is 1.75. The van der Waals surface area contributed by atoms with Crippen LogP contribution in [0.5, 0.6) is 0 Å². The lowest BCUT2D eigenvalue weighted by molar-refractivity contribution is -0.119. The summed E-state index contributed by atoms with van der Waals surface area (Å²) in [6, 6.07) is 8.84. The van der Waals surface area contributed by atoms with Gasteiger partial charge in [0.1, 0.15) is 17.7 Å². The first-order valence-electron chi connectivity index (χ1n) is 9.38. The van der Waals surface area contributed by atoms with Crippen molar-refractivity contribution in [3.05, 3.63) is 53.6 Å². The third-order valence-electron chi connectivity index (χ3n) is 5.32. The zero-order chi connectivity index (χ0) is 20.8. The number of carbonyl (C=O) groups excluding carboxylic acids is 2. The van der Waals surface area contributed by atoms with Crippen LogP contribution in [-0.4, -0.2) is 31.2 Å². The van der Waals surface area contributed by atoms with E-state index >= 15 is 0 Å². The fraction of sp³-hybridized carbons (Fsp3) is 0.333. The Balaban J connectivity index is 1.53. The predicted octanol–water partition coefficient (Wildman–Crippen LogP) is 3.04. The van der Waals surface area contributed by atoms with Crippen LogP contribution in [0.25, 0.3) is 11.1 Å². The predicted molar refractivity (Wildman–Crippen MR) is 103 cm³/mol. The van der Waals surface area contributed by atoms with Crippen molar-refractivity contribution in [3.63, 3.8) is 0 Å². The highest BCUT2D eigenvalue weighted by atomic mass is 19.1. The molecule has 0 bridgehead atoms. The van der Waals surface area contributed by atoms with E-state index < -0.39 is 29.4 Å². The van der Waals surface area contributed by atoms with Crippen LogP contribution in [0.15, 0.2) is 36.4 Å². The van der Waals surface area contributed by atoms with E-state index in [9.17, 15) is 18.4 Å². The molecule has 8 heteroatoms. The average molecular weight is 401 g/mol. The van der Waals surface area contributed by atoms with Crippen molar-refractivity contribution >= 4 is 17.7 Å². The Morgan fingerprint density at radius 3 is 2.62 bits per heavy atom. The van der Waals surface area contributed by atoms with Crippen molar-refractivity contribution in [1.82, 2.24) is 5.32 Å². The lowest BCUT2D eigenvalue weighted by Crippen LogP contribution is -2.33. The molecule has 2 aliphatic rings. The number of amides is 2. The van der Waals surface area contributed by atoms with Gasteiger partial charge in [-0.15, -0.1) is 0 Å². The van der Waals surface area contributed by atoms with Gasteiger partial charge in [0.2, 0.25) is 5.91 Å². The molecule has 0 spiro atoms. The third-order valence-corrected chi connectivity index (χ3v) is 5.32. The number of cyclic esters (lactones) is 1. The zero-order valence-corrected chi connectivity index (χ0v) is 15.9. The standard InChI is InChI=1S/C21H21F2N3O3/c1-12(27)25-10-15-11-26(20(28)29-15)14-3-4-16(18(22)9-14)13-2-5-17(19(23)8-13)21(24)6-7-21/h2-5,8-9,15H,6-7,10-11,24H2,1H3,(H,25,27)/t15-/m0/s1. The number of hydrogen-bond acceptors (Lipinski definition) is 4. The summed E-state index contributed by atoms with van der Waals surface area (Å²) in [6.07, 6.45) is 0.352. The Bertz CT molecular complexity index is 991. The largest absolute Gasteiger partial charge is 0.442 e. The van der Waals surface area contributed by atoms with Crippen LogP contribution in [0.1, 0.15) is 25.3 Å². The van der Waals surface area contributed by atoms with Gasteiger partial charge in [0.25, 0.3) is 0 Å². The van der Waals surface area contributed by atoms with Crippen molar-refractivity contribution < 1.29 is 23.1 Å². The van der Waals surface area contributed by atoms with Gasteiger partial charge in [0, 0.05) is 23.6 Å². The lowest BCUT2D eigenvalue weighted by atomic mass is 9.98. The number of benzene rings is 2. The van der Waals surface area contributed by atoms with Gasteiger partial charge in [0.05, 0.1) is 18.8 Å². The SMILES string of the molecule is CC(=O)NC[C@H]1CN(c2ccc(-c3ccc(C4(N)CC4)c(F)c3)c(F)c2)C(=O)O1. The van der Waals surface area contributed by atoms with E-state index in [4.69, 9.17) is 10.5 Å². The van der Waals surface area contributed by atoms with Gasteiger partial charge in [-0.05, 0) is 42.7 Å². The Labute approximate surface area is 166 Å². The molecule has 2 amide bonds. The number of nitrogens with one attached hydrogen (secondary N) is 1. The van der Waals surface area contributed by atoms with Gasteiger partial charge in [-0.1, -0.05) is 12.1 Å². The first-order chi connectivity index (χ1) is 13.8. The minimum absolute atomic E-state index is 0.187. The quantitative estimate of drug-likeness (QED) is 0.807. The van der Waals surface area contributed by atoms with Crippen molar-refractivity contribution in [2.24, 2.45) is 5.73 Å².